The summed E-state index contributed by atoms with van der Waals surface area (Å²) in [6, 6.07) is 13.6. The highest BCUT2D eigenvalue weighted by molar-refractivity contribution is 9.10. The van der Waals surface area contributed by atoms with Crippen molar-refractivity contribution in [1.82, 2.24) is 4.72 Å². The molecule has 0 aliphatic carbocycles. The van der Waals surface area contributed by atoms with E-state index in [2.05, 4.69) is 20.7 Å². The zero-order valence-corrected chi connectivity index (χ0v) is 12.4. The Labute approximate surface area is 120 Å². The average Bonchev–Trinajstić information content (AvgIpc) is 2.37. The highest BCUT2D eigenvalue weighted by Gasteiger charge is 2.13. The van der Waals surface area contributed by atoms with E-state index in [-0.39, 0.29) is 11.4 Å². The van der Waals surface area contributed by atoms with Crippen molar-refractivity contribution in [3.8, 4) is 0 Å². The van der Waals surface area contributed by atoms with Gasteiger partial charge in [-0.15, -0.1) is 0 Å². The molecule has 0 aromatic heterocycles. The number of anilines is 1. The number of benzene rings is 2. The maximum Gasteiger partial charge on any atom is 0.240 e. The Morgan fingerprint density at radius 1 is 1.11 bits per heavy atom. The summed E-state index contributed by atoms with van der Waals surface area (Å²) in [5.41, 5.74) is 7.07. The molecule has 0 bridgehead atoms. The van der Waals surface area contributed by atoms with Crippen molar-refractivity contribution >= 4 is 31.6 Å². The van der Waals surface area contributed by atoms with Gasteiger partial charge in [-0.1, -0.05) is 28.1 Å². The van der Waals surface area contributed by atoms with Crippen LogP contribution in [-0.4, -0.2) is 8.42 Å². The summed E-state index contributed by atoms with van der Waals surface area (Å²) in [5.74, 6) is 0. The van der Waals surface area contributed by atoms with Crippen molar-refractivity contribution in [2.24, 2.45) is 0 Å². The van der Waals surface area contributed by atoms with Gasteiger partial charge in [0.25, 0.3) is 0 Å². The van der Waals surface area contributed by atoms with Crippen LogP contribution in [0.3, 0.4) is 0 Å². The van der Waals surface area contributed by atoms with E-state index >= 15 is 0 Å². The molecule has 0 aliphatic rings. The molecule has 3 N–H and O–H groups in total. The number of rotatable bonds is 4. The summed E-state index contributed by atoms with van der Waals surface area (Å²) in [5, 5.41) is 0. The lowest BCUT2D eigenvalue weighted by atomic mass is 10.2. The van der Waals surface area contributed by atoms with E-state index in [1.807, 2.05) is 6.07 Å². The zero-order chi connectivity index (χ0) is 13.9. The van der Waals surface area contributed by atoms with Gasteiger partial charge in [-0.25, -0.2) is 13.1 Å². The van der Waals surface area contributed by atoms with Crippen LogP contribution < -0.4 is 10.5 Å². The minimum absolute atomic E-state index is 0.212. The Morgan fingerprint density at radius 2 is 1.79 bits per heavy atom. The van der Waals surface area contributed by atoms with Crippen molar-refractivity contribution in [3.63, 3.8) is 0 Å². The largest absolute Gasteiger partial charge is 0.399 e. The van der Waals surface area contributed by atoms with E-state index < -0.39 is 10.0 Å². The molecule has 6 heteroatoms. The Bertz CT molecular complexity index is 669. The molecular weight excluding hydrogens is 328 g/mol. The Balaban J connectivity index is 2.12. The highest BCUT2D eigenvalue weighted by Crippen LogP contribution is 2.15. The van der Waals surface area contributed by atoms with Crippen LogP contribution >= 0.6 is 15.9 Å². The molecule has 0 saturated heterocycles. The van der Waals surface area contributed by atoms with Crippen LogP contribution in [0.1, 0.15) is 5.56 Å². The fourth-order valence-electron chi connectivity index (χ4n) is 1.58. The van der Waals surface area contributed by atoms with Crippen molar-refractivity contribution in [2.45, 2.75) is 11.4 Å². The van der Waals surface area contributed by atoms with Gasteiger partial charge in [-0.2, -0.15) is 0 Å². The molecule has 0 fully saturated rings. The van der Waals surface area contributed by atoms with E-state index in [1.54, 1.807) is 42.5 Å². The third-order valence-corrected chi connectivity index (χ3v) is 4.49. The molecule has 0 atom stereocenters. The van der Waals surface area contributed by atoms with Crippen LogP contribution in [0.2, 0.25) is 0 Å². The van der Waals surface area contributed by atoms with Gasteiger partial charge < -0.3 is 5.73 Å². The van der Waals surface area contributed by atoms with Gasteiger partial charge in [0.05, 0.1) is 4.90 Å². The van der Waals surface area contributed by atoms with Crippen LogP contribution in [0.4, 0.5) is 5.69 Å². The van der Waals surface area contributed by atoms with Gasteiger partial charge in [-0.05, 0) is 42.0 Å². The minimum atomic E-state index is -3.50. The highest BCUT2D eigenvalue weighted by atomic mass is 79.9. The van der Waals surface area contributed by atoms with Crippen molar-refractivity contribution in [2.75, 3.05) is 5.73 Å². The summed E-state index contributed by atoms with van der Waals surface area (Å²) in [6.07, 6.45) is 0. The van der Waals surface area contributed by atoms with Crippen LogP contribution in [-0.2, 0) is 16.6 Å². The molecule has 0 heterocycles. The van der Waals surface area contributed by atoms with E-state index in [9.17, 15) is 8.42 Å². The van der Waals surface area contributed by atoms with Crippen LogP contribution in [0.15, 0.2) is 57.9 Å². The van der Waals surface area contributed by atoms with E-state index in [4.69, 9.17) is 5.73 Å². The molecule has 100 valence electrons. The fourth-order valence-corrected chi connectivity index (χ4v) is 2.86. The molecular formula is C13H13BrN2O2S. The van der Waals surface area contributed by atoms with Crippen LogP contribution in [0, 0.1) is 0 Å². The summed E-state index contributed by atoms with van der Waals surface area (Å²) in [7, 11) is -3.50. The lowest BCUT2D eigenvalue weighted by Gasteiger charge is -2.07. The molecule has 4 nitrogen and oxygen atoms in total. The molecule has 0 amide bonds. The van der Waals surface area contributed by atoms with Gasteiger partial charge in [0.2, 0.25) is 10.0 Å². The lowest BCUT2D eigenvalue weighted by Crippen LogP contribution is -2.23. The molecule has 2 aromatic rings. The van der Waals surface area contributed by atoms with Crippen LogP contribution in [0.25, 0.3) is 0 Å². The predicted octanol–water partition coefficient (Wildman–Crippen LogP) is 2.51. The van der Waals surface area contributed by atoms with E-state index in [0.29, 0.717) is 5.69 Å². The molecule has 2 aromatic carbocycles. The minimum Gasteiger partial charge on any atom is -0.399 e. The second-order valence-electron chi connectivity index (χ2n) is 4.02. The number of halogens is 1. The van der Waals surface area contributed by atoms with Gasteiger partial charge in [0, 0.05) is 16.7 Å². The molecule has 0 radical (unpaired) electrons. The Hall–Kier alpha value is -1.37. The topological polar surface area (TPSA) is 72.2 Å². The number of nitrogen functional groups attached to an aromatic ring is 1. The quantitative estimate of drug-likeness (QED) is 0.840. The number of nitrogens with one attached hydrogen (secondary N) is 1. The normalized spacial score (nSPS) is 11.4. The van der Waals surface area contributed by atoms with Crippen molar-refractivity contribution < 1.29 is 8.42 Å². The van der Waals surface area contributed by atoms with Crippen molar-refractivity contribution in [3.05, 3.63) is 58.6 Å². The third kappa shape index (κ3) is 3.79. The molecule has 19 heavy (non-hydrogen) atoms. The Morgan fingerprint density at radius 3 is 2.42 bits per heavy atom. The third-order valence-electron chi connectivity index (χ3n) is 2.54. The van der Waals surface area contributed by atoms with Gasteiger partial charge in [0.1, 0.15) is 0 Å². The SMILES string of the molecule is Nc1cccc(CNS(=O)(=O)c2ccc(Br)cc2)c1. The summed E-state index contributed by atoms with van der Waals surface area (Å²) in [4.78, 5) is 0.236. The average molecular weight is 341 g/mol. The number of hydrogen-bond acceptors (Lipinski definition) is 3. The first-order chi connectivity index (χ1) is 8.97. The Kier molecular flexibility index (Phi) is 4.24. The molecule has 0 spiro atoms. The van der Waals surface area contributed by atoms with E-state index in [1.165, 1.54) is 0 Å². The number of nitrogens with two attached hydrogens (primary N) is 1. The maximum absolute atomic E-state index is 12.0. The molecule has 0 aliphatic heterocycles. The van der Waals surface area contributed by atoms with E-state index in [0.717, 1.165) is 10.0 Å². The first-order valence-electron chi connectivity index (χ1n) is 5.57. The zero-order valence-electron chi connectivity index (χ0n) is 10.0. The standard InChI is InChI=1S/C13H13BrN2O2S/c14-11-4-6-13(7-5-11)19(17,18)16-9-10-2-1-3-12(15)8-10/h1-8,16H,9,15H2. The maximum atomic E-state index is 12.0. The van der Waals surface area contributed by atoms with Crippen molar-refractivity contribution in [1.29, 1.82) is 0 Å². The summed E-state index contributed by atoms with van der Waals surface area (Å²) >= 11 is 3.27. The first kappa shape index (κ1) is 14.0. The molecule has 0 unspecified atom stereocenters. The first-order valence-corrected chi connectivity index (χ1v) is 7.85. The monoisotopic (exact) mass is 340 g/mol. The lowest BCUT2D eigenvalue weighted by molar-refractivity contribution is 0.581. The van der Waals surface area contributed by atoms with Gasteiger partial charge in [0.15, 0.2) is 0 Å². The fraction of sp³-hybridized carbons (Fsp3) is 0.0769. The second kappa shape index (κ2) is 5.73. The summed E-state index contributed by atoms with van der Waals surface area (Å²) < 4.78 is 27.5. The predicted molar refractivity (Wildman–Crippen MR) is 79.0 cm³/mol. The molecule has 0 saturated carbocycles. The summed E-state index contributed by atoms with van der Waals surface area (Å²) in [6.45, 7) is 0.212. The molecule has 2 rings (SSSR count). The smallest absolute Gasteiger partial charge is 0.240 e. The second-order valence-corrected chi connectivity index (χ2v) is 6.71. The van der Waals surface area contributed by atoms with Crippen LogP contribution in [0.5, 0.6) is 0 Å². The van der Waals surface area contributed by atoms with Gasteiger partial charge >= 0.3 is 0 Å². The number of hydrogen-bond donors (Lipinski definition) is 2. The van der Waals surface area contributed by atoms with Gasteiger partial charge in [-0.3, -0.25) is 0 Å². The number of sulfonamides is 1.